The number of halogens is 1. The molecule has 1 saturated heterocycles. The summed E-state index contributed by atoms with van der Waals surface area (Å²) in [6, 6.07) is 2.28. The quantitative estimate of drug-likeness (QED) is 0.564. The minimum absolute atomic E-state index is 0.221. The van der Waals surface area contributed by atoms with Gasteiger partial charge in [-0.25, -0.2) is 15.0 Å². The van der Waals surface area contributed by atoms with E-state index in [4.69, 9.17) is 15.2 Å². The molecule has 1 aliphatic rings. The summed E-state index contributed by atoms with van der Waals surface area (Å²) in [6.07, 6.45) is 5.61. The second-order valence-electron chi connectivity index (χ2n) is 7.31. The van der Waals surface area contributed by atoms with Gasteiger partial charge in [-0.1, -0.05) is 0 Å². The van der Waals surface area contributed by atoms with Gasteiger partial charge in [0.2, 0.25) is 5.95 Å². The summed E-state index contributed by atoms with van der Waals surface area (Å²) in [5, 5.41) is 1.04. The summed E-state index contributed by atoms with van der Waals surface area (Å²) >= 11 is 3.48. The van der Waals surface area contributed by atoms with Crippen LogP contribution in [-0.4, -0.2) is 63.9 Å². The van der Waals surface area contributed by atoms with Gasteiger partial charge in [-0.15, -0.1) is 0 Å². The van der Waals surface area contributed by atoms with E-state index in [-0.39, 0.29) is 12.0 Å². The van der Waals surface area contributed by atoms with Crippen molar-refractivity contribution in [3.05, 3.63) is 29.3 Å². The van der Waals surface area contributed by atoms with Crippen LogP contribution in [0, 0.1) is 0 Å². The number of nitrogen functional groups attached to an aromatic ring is 1. The molecule has 9 heteroatoms. The topological polar surface area (TPSA) is 91.3 Å². The van der Waals surface area contributed by atoms with Crippen molar-refractivity contribution in [2.75, 3.05) is 45.2 Å². The van der Waals surface area contributed by atoms with Crippen molar-refractivity contribution in [2.24, 2.45) is 0 Å². The van der Waals surface area contributed by atoms with Gasteiger partial charge < -0.3 is 19.8 Å². The maximum Gasteiger partial charge on any atom is 0.220 e. The van der Waals surface area contributed by atoms with Gasteiger partial charge in [0.25, 0.3) is 0 Å². The fraction of sp³-hybridized carbons (Fsp3) is 0.450. The van der Waals surface area contributed by atoms with E-state index < -0.39 is 0 Å². The predicted molar refractivity (Wildman–Crippen MR) is 116 cm³/mol. The van der Waals surface area contributed by atoms with Crippen LogP contribution in [0.3, 0.4) is 0 Å². The number of nitrogens with two attached hydrogens (primary N) is 1. The van der Waals surface area contributed by atoms with E-state index in [0.717, 1.165) is 53.9 Å². The molecule has 3 aromatic heterocycles. The van der Waals surface area contributed by atoms with Gasteiger partial charge >= 0.3 is 0 Å². The maximum absolute atomic E-state index is 6.10. The standard InChI is InChI=1S/C20H25BrN6O2/c1-13(2)27-12-15(14-9-18(21)23-10-16(14)27)19-17(11-24-20(22)25-19)29-8-5-26-3-6-28-7-4-26/h9-13H,3-8H2,1-2H3,(H2,22,24,25). The molecule has 0 amide bonds. The van der Waals surface area contributed by atoms with Crippen LogP contribution in [0.2, 0.25) is 0 Å². The molecule has 2 N–H and O–H groups in total. The number of anilines is 1. The molecule has 3 aromatic rings. The molecule has 1 fully saturated rings. The Labute approximate surface area is 178 Å². The Morgan fingerprint density at radius 3 is 2.79 bits per heavy atom. The number of pyridine rings is 1. The Hall–Kier alpha value is -2.23. The molecule has 0 saturated carbocycles. The van der Waals surface area contributed by atoms with Crippen molar-refractivity contribution >= 4 is 32.8 Å². The first-order valence-corrected chi connectivity index (χ1v) is 10.5. The van der Waals surface area contributed by atoms with Gasteiger partial charge in [0.15, 0.2) is 5.75 Å². The maximum atomic E-state index is 6.10. The van der Waals surface area contributed by atoms with Gasteiger partial charge in [0, 0.05) is 42.8 Å². The summed E-state index contributed by atoms with van der Waals surface area (Å²) in [7, 11) is 0. The Bertz CT molecular complexity index is 1000. The molecule has 8 nitrogen and oxygen atoms in total. The SMILES string of the molecule is CC(C)n1cc(-c2nc(N)ncc2OCCN2CCOCC2)c2cc(Br)ncc21. The third-order valence-electron chi connectivity index (χ3n) is 5.04. The summed E-state index contributed by atoms with van der Waals surface area (Å²) in [5.41, 5.74) is 8.61. The molecule has 0 unspecified atom stereocenters. The van der Waals surface area contributed by atoms with Crippen LogP contribution in [0.25, 0.3) is 22.2 Å². The zero-order valence-electron chi connectivity index (χ0n) is 16.6. The first-order chi connectivity index (χ1) is 14.0. The monoisotopic (exact) mass is 460 g/mol. The molecule has 4 rings (SSSR count). The molecular formula is C20H25BrN6O2. The molecule has 0 aliphatic carbocycles. The van der Waals surface area contributed by atoms with Crippen molar-refractivity contribution in [1.82, 2.24) is 24.4 Å². The zero-order chi connectivity index (χ0) is 20.4. The lowest BCUT2D eigenvalue weighted by Crippen LogP contribution is -2.38. The molecule has 0 radical (unpaired) electrons. The summed E-state index contributed by atoms with van der Waals surface area (Å²) in [4.78, 5) is 15.4. The van der Waals surface area contributed by atoms with Crippen LogP contribution >= 0.6 is 15.9 Å². The van der Waals surface area contributed by atoms with E-state index >= 15 is 0 Å². The van der Waals surface area contributed by atoms with E-state index in [1.54, 1.807) is 6.20 Å². The van der Waals surface area contributed by atoms with Gasteiger partial charge in [0.1, 0.15) is 16.9 Å². The van der Waals surface area contributed by atoms with E-state index in [1.165, 1.54) is 0 Å². The second kappa shape index (κ2) is 8.64. The third kappa shape index (κ3) is 4.36. The van der Waals surface area contributed by atoms with Crippen LogP contribution in [0.5, 0.6) is 5.75 Å². The summed E-state index contributed by atoms with van der Waals surface area (Å²) < 4.78 is 14.4. The lowest BCUT2D eigenvalue weighted by Gasteiger charge is -2.26. The van der Waals surface area contributed by atoms with Crippen molar-refractivity contribution in [3.8, 4) is 17.0 Å². The Morgan fingerprint density at radius 1 is 1.24 bits per heavy atom. The Morgan fingerprint density at radius 2 is 2.03 bits per heavy atom. The minimum Gasteiger partial charge on any atom is -0.488 e. The molecule has 1 aliphatic heterocycles. The van der Waals surface area contributed by atoms with Gasteiger partial charge in [-0.3, -0.25) is 4.90 Å². The number of nitrogens with zero attached hydrogens (tertiary/aromatic N) is 5. The number of ether oxygens (including phenoxy) is 2. The lowest BCUT2D eigenvalue weighted by molar-refractivity contribution is 0.0322. The fourth-order valence-corrected chi connectivity index (χ4v) is 3.86. The average Bonchev–Trinajstić information content (AvgIpc) is 3.08. The fourth-order valence-electron chi connectivity index (χ4n) is 3.53. The molecule has 0 spiro atoms. The van der Waals surface area contributed by atoms with Crippen LogP contribution in [0.15, 0.2) is 29.3 Å². The Kier molecular flexibility index (Phi) is 5.98. The number of fused-ring (bicyclic) bond motifs is 1. The van der Waals surface area contributed by atoms with Gasteiger partial charge in [-0.05, 0) is 35.8 Å². The van der Waals surface area contributed by atoms with E-state index in [1.807, 2.05) is 12.3 Å². The van der Waals surface area contributed by atoms with Crippen LogP contribution in [-0.2, 0) is 4.74 Å². The molecule has 4 heterocycles. The highest BCUT2D eigenvalue weighted by molar-refractivity contribution is 9.10. The lowest BCUT2D eigenvalue weighted by atomic mass is 10.1. The van der Waals surface area contributed by atoms with Crippen molar-refractivity contribution in [1.29, 1.82) is 0 Å². The molecule has 154 valence electrons. The van der Waals surface area contributed by atoms with E-state index in [0.29, 0.717) is 18.1 Å². The summed E-state index contributed by atoms with van der Waals surface area (Å²) in [5.74, 6) is 0.849. The van der Waals surface area contributed by atoms with Crippen LogP contribution < -0.4 is 10.5 Å². The molecule has 0 bridgehead atoms. The molecular weight excluding hydrogens is 436 g/mol. The van der Waals surface area contributed by atoms with E-state index in [9.17, 15) is 0 Å². The van der Waals surface area contributed by atoms with Crippen LogP contribution in [0.1, 0.15) is 19.9 Å². The van der Waals surface area contributed by atoms with Crippen molar-refractivity contribution in [3.63, 3.8) is 0 Å². The minimum atomic E-state index is 0.221. The first kappa shape index (κ1) is 20.1. The highest BCUT2D eigenvalue weighted by Gasteiger charge is 2.19. The highest BCUT2D eigenvalue weighted by atomic mass is 79.9. The number of hydrogen-bond acceptors (Lipinski definition) is 7. The number of rotatable bonds is 6. The normalized spacial score (nSPS) is 15.3. The number of hydrogen-bond donors (Lipinski definition) is 1. The van der Waals surface area contributed by atoms with Gasteiger partial charge in [-0.2, -0.15) is 0 Å². The second-order valence-corrected chi connectivity index (χ2v) is 8.12. The van der Waals surface area contributed by atoms with Crippen LogP contribution in [0.4, 0.5) is 5.95 Å². The number of morpholine rings is 1. The van der Waals surface area contributed by atoms with Gasteiger partial charge in [0.05, 0.1) is 31.1 Å². The summed E-state index contributed by atoms with van der Waals surface area (Å²) in [6.45, 7) is 9.06. The smallest absolute Gasteiger partial charge is 0.220 e. The molecule has 29 heavy (non-hydrogen) atoms. The van der Waals surface area contributed by atoms with Crippen molar-refractivity contribution in [2.45, 2.75) is 19.9 Å². The first-order valence-electron chi connectivity index (χ1n) is 9.75. The third-order valence-corrected chi connectivity index (χ3v) is 5.47. The highest BCUT2D eigenvalue weighted by Crippen LogP contribution is 2.37. The Balaban J connectivity index is 1.67. The molecule has 0 aromatic carbocycles. The van der Waals surface area contributed by atoms with Crippen molar-refractivity contribution < 1.29 is 9.47 Å². The number of aromatic nitrogens is 4. The average molecular weight is 461 g/mol. The predicted octanol–water partition coefficient (Wildman–Crippen LogP) is 3.13. The zero-order valence-corrected chi connectivity index (χ0v) is 18.2. The molecule has 0 atom stereocenters. The largest absolute Gasteiger partial charge is 0.488 e. The van der Waals surface area contributed by atoms with E-state index in [2.05, 4.69) is 60.4 Å².